The monoisotopic (exact) mass is 456 g/mol. The van der Waals surface area contributed by atoms with Crippen LogP contribution in [-0.4, -0.2) is 22.9 Å². The summed E-state index contributed by atoms with van der Waals surface area (Å²) in [7, 11) is 0. The van der Waals surface area contributed by atoms with Crippen molar-refractivity contribution in [2.45, 2.75) is 39.0 Å². The number of hydrogen-bond donors (Lipinski definition) is 3. The van der Waals surface area contributed by atoms with Gasteiger partial charge in [-0.25, -0.2) is 4.79 Å². The molecular formula is C28H28N2O4. The maximum Gasteiger partial charge on any atom is 0.323 e. The van der Waals surface area contributed by atoms with Crippen molar-refractivity contribution in [2.24, 2.45) is 5.41 Å². The van der Waals surface area contributed by atoms with Gasteiger partial charge in [-0.05, 0) is 60.2 Å². The Morgan fingerprint density at radius 1 is 0.912 bits per heavy atom. The molecule has 0 heterocycles. The number of aryl methyl sites for hydroxylation is 1. The van der Waals surface area contributed by atoms with E-state index in [1.165, 1.54) is 0 Å². The fraction of sp³-hybridized carbons (Fsp3) is 0.250. The first-order chi connectivity index (χ1) is 16.4. The lowest BCUT2D eigenvalue weighted by Gasteiger charge is -2.35. The molecule has 3 aromatic carbocycles. The first-order valence-electron chi connectivity index (χ1n) is 11.5. The molecule has 3 aromatic rings. The van der Waals surface area contributed by atoms with Gasteiger partial charge in [0.2, 0.25) is 0 Å². The molecule has 1 unspecified atom stereocenters. The number of nitrogens with one attached hydrogen (secondary N) is 2. The lowest BCUT2D eigenvalue weighted by Crippen LogP contribution is -2.38. The van der Waals surface area contributed by atoms with Gasteiger partial charge in [0, 0.05) is 22.4 Å². The first-order valence-corrected chi connectivity index (χ1v) is 11.5. The standard InChI is InChI=1S/C28H28N2O4/c1-2-15-28(18-25(31)32)16-14-21-17-20(10-13-24(21)26(28)33)19-8-11-23(12-9-19)30-27(34)29-22-6-4-3-5-7-22/h3-13,17H,2,14-16,18H2,1H3,(H,31,32)(H2,29,30,34). The van der Waals surface area contributed by atoms with E-state index >= 15 is 0 Å². The Labute approximate surface area is 199 Å². The Morgan fingerprint density at radius 3 is 2.21 bits per heavy atom. The van der Waals surface area contributed by atoms with Crippen molar-refractivity contribution in [3.8, 4) is 11.1 Å². The molecule has 6 nitrogen and oxygen atoms in total. The number of ketones is 1. The zero-order valence-corrected chi connectivity index (χ0v) is 19.1. The second-order valence-corrected chi connectivity index (χ2v) is 8.82. The molecule has 174 valence electrons. The molecule has 0 fully saturated rings. The normalized spacial score (nSPS) is 17.0. The molecular weight excluding hydrogens is 428 g/mol. The van der Waals surface area contributed by atoms with Gasteiger partial charge in [-0.1, -0.05) is 61.9 Å². The van der Waals surface area contributed by atoms with Crippen LogP contribution < -0.4 is 10.6 Å². The first kappa shape index (κ1) is 23.2. The van der Waals surface area contributed by atoms with Gasteiger partial charge in [-0.2, -0.15) is 0 Å². The van der Waals surface area contributed by atoms with Crippen LogP contribution in [0.4, 0.5) is 16.2 Å². The van der Waals surface area contributed by atoms with E-state index < -0.39 is 11.4 Å². The van der Waals surface area contributed by atoms with Crippen molar-refractivity contribution in [3.05, 3.63) is 83.9 Å². The van der Waals surface area contributed by atoms with Crippen molar-refractivity contribution in [2.75, 3.05) is 10.6 Å². The summed E-state index contributed by atoms with van der Waals surface area (Å²) in [6, 6.07) is 22.2. The maximum atomic E-state index is 13.3. The number of fused-ring (bicyclic) bond motifs is 1. The van der Waals surface area contributed by atoms with Crippen LogP contribution in [0, 0.1) is 5.41 Å². The summed E-state index contributed by atoms with van der Waals surface area (Å²) < 4.78 is 0. The maximum absolute atomic E-state index is 13.3. The minimum absolute atomic E-state index is 0.0477. The number of anilines is 2. The van der Waals surface area contributed by atoms with Gasteiger partial charge in [-0.3, -0.25) is 9.59 Å². The van der Waals surface area contributed by atoms with E-state index in [1.54, 1.807) is 0 Å². The second-order valence-electron chi connectivity index (χ2n) is 8.82. The number of rotatable bonds is 7. The number of carbonyl (C=O) groups is 3. The highest BCUT2D eigenvalue weighted by Crippen LogP contribution is 2.43. The van der Waals surface area contributed by atoms with Crippen LogP contribution in [0.1, 0.15) is 48.5 Å². The van der Waals surface area contributed by atoms with Crippen molar-refractivity contribution in [3.63, 3.8) is 0 Å². The summed E-state index contributed by atoms with van der Waals surface area (Å²) in [5, 5.41) is 15.0. The van der Waals surface area contributed by atoms with E-state index in [2.05, 4.69) is 10.6 Å². The summed E-state index contributed by atoms with van der Waals surface area (Å²) in [5.74, 6) is -0.971. The quantitative estimate of drug-likeness (QED) is 0.384. The smallest absolute Gasteiger partial charge is 0.323 e. The minimum Gasteiger partial charge on any atom is -0.481 e. The number of carboxylic acids is 1. The van der Waals surface area contributed by atoms with E-state index in [0.29, 0.717) is 36.2 Å². The Hall–Kier alpha value is -3.93. The van der Waals surface area contributed by atoms with Crippen LogP contribution in [0.5, 0.6) is 0 Å². The highest BCUT2D eigenvalue weighted by Gasteiger charge is 2.43. The molecule has 0 radical (unpaired) electrons. The van der Waals surface area contributed by atoms with Crippen LogP contribution in [-0.2, 0) is 11.2 Å². The van der Waals surface area contributed by atoms with Gasteiger partial charge in [0.25, 0.3) is 0 Å². The zero-order valence-electron chi connectivity index (χ0n) is 19.1. The van der Waals surface area contributed by atoms with E-state index in [1.807, 2.05) is 79.7 Å². The van der Waals surface area contributed by atoms with Crippen molar-refractivity contribution < 1.29 is 19.5 Å². The van der Waals surface area contributed by atoms with Gasteiger partial charge < -0.3 is 15.7 Å². The van der Waals surface area contributed by atoms with Crippen LogP contribution in [0.3, 0.4) is 0 Å². The average Bonchev–Trinajstić information content (AvgIpc) is 2.82. The number of urea groups is 1. The highest BCUT2D eigenvalue weighted by atomic mass is 16.4. The molecule has 1 atom stereocenters. The SMILES string of the molecule is CCCC1(CC(=O)O)CCc2cc(-c3ccc(NC(=O)Nc4ccccc4)cc3)ccc2C1=O. The number of benzene rings is 3. The van der Waals surface area contributed by atoms with Crippen LogP contribution in [0.15, 0.2) is 72.8 Å². The lowest BCUT2D eigenvalue weighted by atomic mass is 9.66. The molecule has 3 N–H and O–H groups in total. The molecule has 0 saturated carbocycles. The Bertz CT molecular complexity index is 1200. The predicted molar refractivity (Wildman–Crippen MR) is 133 cm³/mol. The minimum atomic E-state index is -0.923. The third kappa shape index (κ3) is 5.01. The Balaban J connectivity index is 1.48. The summed E-state index contributed by atoms with van der Waals surface area (Å²) in [6.45, 7) is 1.99. The zero-order chi connectivity index (χ0) is 24.1. The number of Topliss-reactive ketones (excluding diaryl/α,β-unsaturated/α-hetero) is 1. The largest absolute Gasteiger partial charge is 0.481 e. The van der Waals surface area contributed by atoms with Gasteiger partial charge >= 0.3 is 12.0 Å². The predicted octanol–water partition coefficient (Wildman–Crippen LogP) is 6.39. The highest BCUT2D eigenvalue weighted by molar-refractivity contribution is 6.04. The third-order valence-electron chi connectivity index (χ3n) is 6.43. The number of aliphatic carboxylic acids is 1. The molecule has 2 amide bonds. The summed E-state index contributed by atoms with van der Waals surface area (Å²) in [4.78, 5) is 36.9. The van der Waals surface area contributed by atoms with Gasteiger partial charge in [-0.15, -0.1) is 0 Å². The van der Waals surface area contributed by atoms with E-state index in [4.69, 9.17) is 0 Å². The fourth-order valence-corrected chi connectivity index (χ4v) is 4.80. The average molecular weight is 457 g/mol. The second kappa shape index (κ2) is 9.91. The van der Waals surface area contributed by atoms with E-state index in [-0.39, 0.29) is 18.2 Å². The van der Waals surface area contributed by atoms with Crippen molar-refractivity contribution >= 4 is 29.2 Å². The molecule has 1 aliphatic rings. The summed E-state index contributed by atoms with van der Waals surface area (Å²) in [5.41, 5.74) is 4.13. The lowest BCUT2D eigenvalue weighted by molar-refractivity contribution is -0.139. The Morgan fingerprint density at radius 2 is 1.56 bits per heavy atom. The number of carboxylic acid groups (broad SMARTS) is 1. The number of para-hydroxylation sites is 1. The van der Waals surface area contributed by atoms with Gasteiger partial charge in [0.05, 0.1) is 6.42 Å². The molecule has 34 heavy (non-hydrogen) atoms. The summed E-state index contributed by atoms with van der Waals surface area (Å²) >= 11 is 0. The van der Waals surface area contributed by atoms with Crippen LogP contribution in [0.2, 0.25) is 0 Å². The van der Waals surface area contributed by atoms with Crippen LogP contribution in [0.25, 0.3) is 11.1 Å². The van der Waals surface area contributed by atoms with Crippen molar-refractivity contribution in [1.82, 2.24) is 0 Å². The fourth-order valence-electron chi connectivity index (χ4n) is 4.80. The Kier molecular flexibility index (Phi) is 6.77. The third-order valence-corrected chi connectivity index (χ3v) is 6.43. The molecule has 0 aromatic heterocycles. The number of amides is 2. The number of carbonyl (C=O) groups excluding carboxylic acids is 2. The summed E-state index contributed by atoms with van der Waals surface area (Å²) in [6.07, 6.45) is 2.48. The molecule has 0 aliphatic heterocycles. The molecule has 0 spiro atoms. The molecule has 0 bridgehead atoms. The molecule has 4 rings (SSSR count). The van der Waals surface area contributed by atoms with Crippen LogP contribution >= 0.6 is 0 Å². The molecule has 1 aliphatic carbocycles. The molecule has 0 saturated heterocycles. The van der Waals surface area contributed by atoms with E-state index in [0.717, 1.165) is 23.1 Å². The van der Waals surface area contributed by atoms with E-state index in [9.17, 15) is 19.5 Å². The van der Waals surface area contributed by atoms with Crippen molar-refractivity contribution in [1.29, 1.82) is 0 Å². The molecule has 6 heteroatoms. The van der Waals surface area contributed by atoms with Gasteiger partial charge in [0.15, 0.2) is 5.78 Å². The van der Waals surface area contributed by atoms with Gasteiger partial charge in [0.1, 0.15) is 0 Å². The topological polar surface area (TPSA) is 95.5 Å². The number of hydrogen-bond acceptors (Lipinski definition) is 3.